The lowest BCUT2D eigenvalue weighted by Crippen LogP contribution is -2.56. The Morgan fingerprint density at radius 1 is 1.05 bits per heavy atom. The number of carbonyl (C=O) groups is 4. The first-order valence-electron chi connectivity index (χ1n) is 12.8. The zero-order chi connectivity index (χ0) is 28.4. The molecule has 1 aromatic carbocycles. The number of anilines is 1. The molecule has 13 heteroatoms. The van der Waals surface area contributed by atoms with Gasteiger partial charge in [-0.1, -0.05) is 30.3 Å². The number of nitrogens with zero attached hydrogens (tertiary/aromatic N) is 4. The van der Waals surface area contributed by atoms with E-state index < -0.39 is 29.9 Å². The van der Waals surface area contributed by atoms with Crippen LogP contribution >= 0.6 is 0 Å². The number of hydrogen-bond acceptors (Lipinski definition) is 9. The summed E-state index contributed by atoms with van der Waals surface area (Å²) in [6.07, 6.45) is -0.918. The summed E-state index contributed by atoms with van der Waals surface area (Å²) in [5, 5.41) is 24.3. The highest BCUT2D eigenvalue weighted by Gasteiger charge is 2.31. The number of aromatic nitrogens is 2. The van der Waals surface area contributed by atoms with Crippen LogP contribution in [0.25, 0.3) is 11.4 Å². The highest BCUT2D eigenvalue weighted by atomic mass is 16.6. The third-order valence-electron chi connectivity index (χ3n) is 6.03. The van der Waals surface area contributed by atoms with E-state index >= 15 is 0 Å². The Bertz CT molecular complexity index is 1150. The summed E-state index contributed by atoms with van der Waals surface area (Å²) in [4.78, 5) is 61.7. The fraction of sp³-hybridized carbons (Fsp3) is 0.462. The molecule has 0 saturated carbocycles. The monoisotopic (exact) mass is 542 g/mol. The van der Waals surface area contributed by atoms with Crippen LogP contribution in [-0.4, -0.2) is 105 Å². The van der Waals surface area contributed by atoms with Gasteiger partial charge in [0.1, 0.15) is 17.6 Å². The molecule has 39 heavy (non-hydrogen) atoms. The van der Waals surface area contributed by atoms with Crippen LogP contribution in [0.4, 0.5) is 10.6 Å². The molecule has 3 amide bonds. The first-order valence-corrected chi connectivity index (χ1v) is 12.8. The maximum atomic E-state index is 13.3. The number of aliphatic hydroxyl groups excluding tert-OH is 1. The topological polar surface area (TPSA) is 174 Å². The van der Waals surface area contributed by atoms with Crippen LogP contribution in [0.1, 0.15) is 37.2 Å². The minimum absolute atomic E-state index is 0.0308. The SMILES string of the molecule is CCOC(=O)N1CCN(C(=O)[C@H](CCC(=O)O)NC(=O)c2cc(NC(C)CO)nc(-c3ccccc3)n2)CC1. The Balaban J connectivity index is 1.81. The molecule has 0 bridgehead atoms. The van der Waals surface area contributed by atoms with Gasteiger partial charge >= 0.3 is 12.1 Å². The van der Waals surface area contributed by atoms with Crippen LogP contribution in [0.5, 0.6) is 0 Å². The van der Waals surface area contributed by atoms with E-state index in [1.54, 1.807) is 38.1 Å². The molecule has 210 valence electrons. The molecule has 1 fully saturated rings. The maximum Gasteiger partial charge on any atom is 0.409 e. The number of nitrogens with one attached hydrogen (secondary N) is 2. The predicted octanol–water partition coefficient (Wildman–Crippen LogP) is 1.20. The average molecular weight is 543 g/mol. The fourth-order valence-corrected chi connectivity index (χ4v) is 3.95. The summed E-state index contributed by atoms with van der Waals surface area (Å²) in [7, 11) is 0. The maximum absolute atomic E-state index is 13.3. The number of benzene rings is 1. The molecule has 1 unspecified atom stereocenters. The van der Waals surface area contributed by atoms with Gasteiger partial charge in [0.05, 0.1) is 13.2 Å². The van der Waals surface area contributed by atoms with Gasteiger partial charge in [-0.2, -0.15) is 0 Å². The minimum Gasteiger partial charge on any atom is -0.481 e. The van der Waals surface area contributed by atoms with Crippen molar-refractivity contribution in [3.8, 4) is 11.4 Å². The summed E-state index contributed by atoms with van der Waals surface area (Å²) < 4.78 is 5.00. The van der Waals surface area contributed by atoms with Crippen molar-refractivity contribution < 1.29 is 34.1 Å². The van der Waals surface area contributed by atoms with Gasteiger partial charge in [-0.15, -0.1) is 0 Å². The van der Waals surface area contributed by atoms with Gasteiger partial charge in [-0.25, -0.2) is 14.8 Å². The van der Waals surface area contributed by atoms with Gasteiger partial charge in [-0.3, -0.25) is 14.4 Å². The van der Waals surface area contributed by atoms with Crippen molar-refractivity contribution in [1.82, 2.24) is 25.1 Å². The smallest absolute Gasteiger partial charge is 0.409 e. The van der Waals surface area contributed by atoms with Crippen molar-refractivity contribution in [3.05, 3.63) is 42.1 Å². The normalized spacial score (nSPS) is 14.7. The molecule has 1 aliphatic heterocycles. The molecule has 2 atom stereocenters. The minimum atomic E-state index is -1.12. The fourth-order valence-electron chi connectivity index (χ4n) is 3.95. The third kappa shape index (κ3) is 8.37. The molecule has 1 saturated heterocycles. The molecule has 2 heterocycles. The largest absolute Gasteiger partial charge is 0.481 e. The average Bonchev–Trinajstić information content (AvgIpc) is 2.95. The van der Waals surface area contributed by atoms with Crippen molar-refractivity contribution in [1.29, 1.82) is 0 Å². The Morgan fingerprint density at radius 3 is 2.33 bits per heavy atom. The first kappa shape index (κ1) is 29.3. The molecule has 0 aliphatic carbocycles. The van der Waals surface area contributed by atoms with Crippen molar-refractivity contribution in [2.45, 2.75) is 38.8 Å². The molecular weight excluding hydrogens is 508 g/mol. The zero-order valence-corrected chi connectivity index (χ0v) is 22.0. The van der Waals surface area contributed by atoms with Gasteiger partial charge in [0.2, 0.25) is 5.91 Å². The third-order valence-corrected chi connectivity index (χ3v) is 6.03. The summed E-state index contributed by atoms with van der Waals surface area (Å²) in [6.45, 7) is 4.48. The second-order valence-electron chi connectivity index (χ2n) is 9.03. The van der Waals surface area contributed by atoms with E-state index in [4.69, 9.17) is 4.74 Å². The van der Waals surface area contributed by atoms with Crippen LogP contribution in [0, 0.1) is 0 Å². The lowest BCUT2D eigenvalue weighted by Gasteiger charge is -2.35. The van der Waals surface area contributed by atoms with Crippen molar-refractivity contribution in [2.75, 3.05) is 44.7 Å². The van der Waals surface area contributed by atoms with Gasteiger partial charge in [-0.05, 0) is 20.3 Å². The number of rotatable bonds is 11. The van der Waals surface area contributed by atoms with Crippen LogP contribution in [0.3, 0.4) is 0 Å². The highest BCUT2D eigenvalue weighted by Crippen LogP contribution is 2.19. The van der Waals surface area contributed by atoms with Crippen LogP contribution in [0.15, 0.2) is 36.4 Å². The lowest BCUT2D eigenvalue weighted by atomic mass is 10.1. The van der Waals surface area contributed by atoms with Crippen molar-refractivity contribution >= 4 is 29.7 Å². The zero-order valence-electron chi connectivity index (χ0n) is 22.0. The second kappa shape index (κ2) is 14.0. The van der Waals surface area contributed by atoms with E-state index in [1.165, 1.54) is 15.9 Å². The summed E-state index contributed by atoms with van der Waals surface area (Å²) >= 11 is 0. The molecule has 4 N–H and O–H groups in total. The van der Waals surface area contributed by atoms with Gasteiger partial charge < -0.3 is 35.4 Å². The molecule has 1 aromatic heterocycles. The lowest BCUT2D eigenvalue weighted by molar-refractivity contribution is -0.138. The van der Waals surface area contributed by atoms with Crippen LogP contribution in [0.2, 0.25) is 0 Å². The molecule has 2 aromatic rings. The quantitative estimate of drug-likeness (QED) is 0.323. The van der Waals surface area contributed by atoms with Gasteiger partial charge in [0.15, 0.2) is 5.82 Å². The highest BCUT2D eigenvalue weighted by molar-refractivity contribution is 5.97. The van der Waals surface area contributed by atoms with Gasteiger partial charge in [0.25, 0.3) is 5.91 Å². The second-order valence-corrected chi connectivity index (χ2v) is 9.03. The number of carbonyl (C=O) groups excluding carboxylic acids is 3. The van der Waals surface area contributed by atoms with E-state index in [0.717, 1.165) is 0 Å². The Hall–Kier alpha value is -4.26. The van der Waals surface area contributed by atoms with E-state index in [1.807, 2.05) is 6.07 Å². The molecular formula is C26H34N6O7. The Labute approximate surface area is 226 Å². The Morgan fingerprint density at radius 2 is 1.72 bits per heavy atom. The summed E-state index contributed by atoms with van der Waals surface area (Å²) in [5.41, 5.74) is 0.626. The molecule has 13 nitrogen and oxygen atoms in total. The van der Waals surface area contributed by atoms with E-state index in [0.29, 0.717) is 11.4 Å². The van der Waals surface area contributed by atoms with Crippen LogP contribution < -0.4 is 10.6 Å². The predicted molar refractivity (Wildman–Crippen MR) is 141 cm³/mol. The van der Waals surface area contributed by atoms with Crippen molar-refractivity contribution in [3.63, 3.8) is 0 Å². The Kier molecular flexibility index (Phi) is 10.6. The standard InChI is InChI=1S/C26H34N6O7/c1-3-39-26(38)32-13-11-31(12-14-32)25(37)19(9-10-22(34)35)29-24(36)20-15-21(27-17(2)16-33)30-23(28-20)18-7-5-4-6-8-18/h4-8,15,17,19,33H,3,9-14,16H2,1-2H3,(H,29,36)(H,34,35)(H,27,28,30)/t17?,19-/m0/s1. The van der Waals surface area contributed by atoms with E-state index in [9.17, 15) is 29.4 Å². The summed E-state index contributed by atoms with van der Waals surface area (Å²) in [5.74, 6) is -1.66. The molecule has 0 radical (unpaired) electrons. The number of hydrogen-bond donors (Lipinski definition) is 4. The van der Waals surface area contributed by atoms with E-state index in [2.05, 4.69) is 20.6 Å². The van der Waals surface area contributed by atoms with Crippen LogP contribution in [-0.2, 0) is 14.3 Å². The molecule has 3 rings (SSSR count). The van der Waals surface area contributed by atoms with E-state index in [-0.39, 0.29) is 69.8 Å². The number of aliphatic hydroxyl groups is 1. The number of ether oxygens (including phenoxy) is 1. The summed E-state index contributed by atoms with van der Waals surface area (Å²) in [6, 6.07) is 8.94. The number of carboxylic acids is 1. The number of aliphatic carboxylic acids is 1. The molecule has 0 spiro atoms. The van der Waals surface area contributed by atoms with Crippen molar-refractivity contribution in [2.24, 2.45) is 0 Å². The number of piperazine rings is 1. The molecule has 1 aliphatic rings. The van der Waals surface area contributed by atoms with Gasteiger partial charge in [0, 0.05) is 50.3 Å². The number of amides is 3. The number of carboxylic acid groups (broad SMARTS) is 1. The first-order chi connectivity index (χ1) is 18.7.